The van der Waals surface area contributed by atoms with Gasteiger partial charge in [-0.2, -0.15) is 23.5 Å². The molecule has 206 valence electrons. The molecular weight excluding hydrogens is 535 g/mol. The highest BCUT2D eigenvalue weighted by Gasteiger charge is 2.30. The van der Waals surface area contributed by atoms with Gasteiger partial charge in [-0.25, -0.2) is 9.97 Å². The highest BCUT2D eigenvalue weighted by Crippen LogP contribution is 2.42. The summed E-state index contributed by atoms with van der Waals surface area (Å²) < 4.78 is 38.6. The van der Waals surface area contributed by atoms with Crippen molar-refractivity contribution in [2.75, 3.05) is 10.6 Å². The van der Waals surface area contributed by atoms with Gasteiger partial charge in [0, 0.05) is 40.3 Å². The van der Waals surface area contributed by atoms with Crippen LogP contribution in [0.2, 0.25) is 0 Å². The van der Waals surface area contributed by atoms with Crippen molar-refractivity contribution in [3.05, 3.63) is 69.6 Å². The van der Waals surface area contributed by atoms with E-state index in [1.54, 1.807) is 12.3 Å². The number of hydrogen-bond donors (Lipinski definition) is 3. The summed E-state index contributed by atoms with van der Waals surface area (Å²) in [6, 6.07) is 8.71. The summed E-state index contributed by atoms with van der Waals surface area (Å²) in [6.45, 7) is 2.11. The summed E-state index contributed by atoms with van der Waals surface area (Å²) in [5.41, 5.74) is 6.39. The van der Waals surface area contributed by atoms with E-state index < -0.39 is 12.6 Å². The number of allylic oxidation sites excluding steroid dienone is 1. The van der Waals surface area contributed by atoms with E-state index in [0.717, 1.165) is 71.4 Å². The van der Waals surface area contributed by atoms with Crippen molar-refractivity contribution in [2.24, 2.45) is 0 Å². The fourth-order valence-corrected chi connectivity index (χ4v) is 6.91. The average Bonchev–Trinajstić information content (AvgIpc) is 3.66. The maximum Gasteiger partial charge on any atom is 0.393 e. The molecule has 1 aromatic carbocycles. The molecule has 0 spiro atoms. The number of anilines is 2. The molecule has 1 atom stereocenters. The van der Waals surface area contributed by atoms with Crippen molar-refractivity contribution in [3.8, 4) is 6.07 Å². The first-order valence-corrected chi connectivity index (χ1v) is 14.1. The topological polar surface area (TPSA) is 102 Å². The maximum absolute atomic E-state index is 12.9. The highest BCUT2D eigenvalue weighted by molar-refractivity contribution is 7.18. The minimum Gasteiger partial charge on any atom is -0.382 e. The minimum absolute atomic E-state index is 0.0351. The predicted octanol–water partition coefficient (Wildman–Crippen LogP) is 6.91. The molecule has 7 nitrogen and oxygen atoms in total. The van der Waals surface area contributed by atoms with Crippen LogP contribution in [0.5, 0.6) is 0 Å². The molecule has 2 aliphatic carbocycles. The molecule has 2 aliphatic rings. The lowest BCUT2D eigenvalue weighted by Gasteiger charge is -2.31. The number of alkyl halides is 3. The minimum atomic E-state index is -4.25. The van der Waals surface area contributed by atoms with Crippen molar-refractivity contribution < 1.29 is 13.2 Å². The number of aromatic nitrogens is 4. The number of thiophene rings is 1. The standard InChI is InChI=1S/C29H28F3N7S/c1-16-23-9-18(12-33)24(8-17-13-36-37-14-17)22(23)6-7-26(16)38-19-2-4-20(5-3-19)39-27-25-10-21(11-29(30,31)32)40-28(25)35-15-34-27/h6-7,9-10,13-15,19-20,24,38H,2-5,8,11H2,1H3,(H,36,37)(H,34,35,39). The zero-order valence-electron chi connectivity index (χ0n) is 21.8. The average molecular weight is 564 g/mol. The summed E-state index contributed by atoms with van der Waals surface area (Å²) in [5.74, 6) is 0.638. The molecule has 3 N–H and O–H groups in total. The lowest BCUT2D eigenvalue weighted by Crippen LogP contribution is -2.32. The van der Waals surface area contributed by atoms with Crippen molar-refractivity contribution in [2.45, 2.75) is 69.6 Å². The third-order valence-electron chi connectivity index (χ3n) is 7.91. The van der Waals surface area contributed by atoms with Gasteiger partial charge in [-0.1, -0.05) is 6.07 Å². The maximum atomic E-state index is 12.9. The van der Waals surface area contributed by atoms with Gasteiger partial charge in [-0.15, -0.1) is 11.3 Å². The van der Waals surface area contributed by atoms with Crippen LogP contribution in [0, 0.1) is 18.3 Å². The molecule has 0 bridgehead atoms. The van der Waals surface area contributed by atoms with Gasteiger partial charge in [0.2, 0.25) is 0 Å². The smallest absolute Gasteiger partial charge is 0.382 e. The Hall–Kier alpha value is -3.91. The number of nitriles is 1. The van der Waals surface area contributed by atoms with Crippen LogP contribution < -0.4 is 10.6 Å². The summed E-state index contributed by atoms with van der Waals surface area (Å²) in [7, 11) is 0. The van der Waals surface area contributed by atoms with E-state index in [1.165, 1.54) is 11.9 Å². The van der Waals surface area contributed by atoms with E-state index in [9.17, 15) is 18.4 Å². The highest BCUT2D eigenvalue weighted by atomic mass is 32.1. The van der Waals surface area contributed by atoms with Gasteiger partial charge in [0.05, 0.1) is 24.1 Å². The largest absolute Gasteiger partial charge is 0.393 e. The first-order chi connectivity index (χ1) is 19.3. The Bertz CT molecular complexity index is 1590. The van der Waals surface area contributed by atoms with Gasteiger partial charge in [0.15, 0.2) is 0 Å². The molecule has 0 radical (unpaired) electrons. The molecule has 3 aromatic heterocycles. The van der Waals surface area contributed by atoms with Gasteiger partial charge in [0.1, 0.15) is 17.0 Å². The Morgan fingerprint density at radius 1 is 1.12 bits per heavy atom. The monoisotopic (exact) mass is 563 g/mol. The first-order valence-electron chi connectivity index (χ1n) is 13.3. The van der Waals surface area contributed by atoms with Crippen molar-refractivity contribution in [3.63, 3.8) is 0 Å². The Morgan fingerprint density at radius 2 is 1.90 bits per heavy atom. The molecular formula is C29H28F3N7S. The van der Waals surface area contributed by atoms with Gasteiger partial charge in [0.25, 0.3) is 0 Å². The van der Waals surface area contributed by atoms with Crippen molar-refractivity contribution in [1.29, 1.82) is 5.26 Å². The van der Waals surface area contributed by atoms with Gasteiger partial charge >= 0.3 is 6.18 Å². The zero-order chi connectivity index (χ0) is 27.9. The van der Waals surface area contributed by atoms with Crippen LogP contribution in [-0.2, 0) is 12.8 Å². The number of fused-ring (bicyclic) bond motifs is 2. The molecule has 11 heteroatoms. The van der Waals surface area contributed by atoms with Crippen LogP contribution in [0.3, 0.4) is 0 Å². The number of rotatable bonds is 7. The number of H-pyrrole nitrogens is 1. The summed E-state index contributed by atoms with van der Waals surface area (Å²) in [4.78, 5) is 9.33. The lowest BCUT2D eigenvalue weighted by molar-refractivity contribution is -0.126. The molecule has 0 aliphatic heterocycles. The fraction of sp³-hybridized carbons (Fsp3) is 0.379. The van der Waals surface area contributed by atoms with Gasteiger partial charge in [-0.3, -0.25) is 5.10 Å². The molecule has 0 saturated heterocycles. The van der Waals surface area contributed by atoms with E-state index in [2.05, 4.69) is 55.9 Å². The third-order valence-corrected chi connectivity index (χ3v) is 8.95. The van der Waals surface area contributed by atoms with Crippen molar-refractivity contribution >= 4 is 39.1 Å². The zero-order valence-corrected chi connectivity index (χ0v) is 22.7. The van der Waals surface area contributed by atoms with Crippen LogP contribution in [0.1, 0.15) is 58.7 Å². The normalized spacial score (nSPS) is 20.7. The van der Waals surface area contributed by atoms with Crippen LogP contribution in [-0.4, -0.2) is 38.4 Å². The second kappa shape index (κ2) is 10.6. The Labute approximate surface area is 233 Å². The van der Waals surface area contributed by atoms with E-state index in [1.807, 2.05) is 12.3 Å². The Kier molecular flexibility index (Phi) is 6.96. The van der Waals surface area contributed by atoms with E-state index in [0.29, 0.717) is 22.1 Å². The van der Waals surface area contributed by atoms with Crippen molar-refractivity contribution in [1.82, 2.24) is 20.2 Å². The fourth-order valence-electron chi connectivity index (χ4n) is 5.88. The van der Waals surface area contributed by atoms with Crippen LogP contribution in [0.4, 0.5) is 24.7 Å². The predicted molar refractivity (Wildman–Crippen MR) is 150 cm³/mol. The molecule has 3 heterocycles. The molecule has 1 fully saturated rings. The molecule has 40 heavy (non-hydrogen) atoms. The summed E-state index contributed by atoms with van der Waals surface area (Å²) in [5, 5.41) is 24.5. The molecule has 0 amide bonds. The van der Waals surface area contributed by atoms with Crippen LogP contribution >= 0.6 is 11.3 Å². The second-order valence-corrected chi connectivity index (χ2v) is 11.7. The van der Waals surface area contributed by atoms with Crippen LogP contribution in [0.25, 0.3) is 16.3 Å². The molecule has 1 unspecified atom stereocenters. The molecule has 6 rings (SSSR count). The quantitative estimate of drug-likeness (QED) is 0.226. The molecule has 4 aromatic rings. The number of halogens is 3. The number of benzene rings is 1. The van der Waals surface area contributed by atoms with E-state index >= 15 is 0 Å². The SMILES string of the molecule is Cc1c(NC2CCC(Nc3ncnc4sc(CC(F)(F)F)cc34)CC2)ccc2c1C=C(C#N)C2Cc1cn[nH]c1. The Balaban J connectivity index is 1.10. The number of nitrogens with one attached hydrogen (secondary N) is 3. The lowest BCUT2D eigenvalue weighted by atomic mass is 9.88. The first kappa shape index (κ1) is 26.3. The third kappa shape index (κ3) is 5.41. The van der Waals surface area contributed by atoms with E-state index in [-0.39, 0.29) is 16.8 Å². The summed E-state index contributed by atoms with van der Waals surface area (Å²) >= 11 is 1.07. The number of hydrogen-bond acceptors (Lipinski definition) is 7. The van der Waals surface area contributed by atoms with Gasteiger partial charge in [-0.05, 0) is 79.5 Å². The van der Waals surface area contributed by atoms with E-state index in [4.69, 9.17) is 0 Å². The Morgan fingerprint density at radius 3 is 2.60 bits per heavy atom. The summed E-state index contributed by atoms with van der Waals surface area (Å²) in [6.07, 6.45) is 6.38. The molecule has 1 saturated carbocycles. The number of aromatic amines is 1. The number of nitrogens with zero attached hydrogens (tertiary/aromatic N) is 4. The second-order valence-electron chi connectivity index (χ2n) is 10.6. The van der Waals surface area contributed by atoms with Crippen LogP contribution in [0.15, 0.2) is 42.5 Å². The van der Waals surface area contributed by atoms with Gasteiger partial charge < -0.3 is 10.6 Å².